The number of hydrogen-bond donors (Lipinski definition) is 0. The summed E-state index contributed by atoms with van der Waals surface area (Å²) in [5, 5.41) is 1.03. The Balaban J connectivity index is 2.87. The van der Waals surface area contributed by atoms with E-state index in [1.54, 1.807) is 6.07 Å². The van der Waals surface area contributed by atoms with Crippen LogP contribution in [0.1, 0.15) is 11.1 Å². The topological polar surface area (TPSA) is 30.2 Å². The van der Waals surface area contributed by atoms with E-state index in [4.69, 9.17) is 4.42 Å². The first-order chi connectivity index (χ1) is 6.70. The van der Waals surface area contributed by atoms with Crippen LogP contribution in [-0.4, -0.2) is 0 Å². The fourth-order valence-corrected chi connectivity index (χ4v) is 2.08. The van der Waals surface area contributed by atoms with E-state index in [1.165, 1.54) is 0 Å². The van der Waals surface area contributed by atoms with E-state index >= 15 is 0 Å². The van der Waals surface area contributed by atoms with Crippen LogP contribution < -0.4 is 5.63 Å². The first kappa shape index (κ1) is 9.71. The quantitative estimate of drug-likeness (QED) is 0.460. The third-order valence-electron chi connectivity index (χ3n) is 2.13. The van der Waals surface area contributed by atoms with Crippen LogP contribution in [0.2, 0.25) is 0 Å². The van der Waals surface area contributed by atoms with Gasteiger partial charge in [-0.25, -0.2) is 4.79 Å². The van der Waals surface area contributed by atoms with Gasteiger partial charge in [0.2, 0.25) is 0 Å². The molecule has 0 saturated carbocycles. The van der Waals surface area contributed by atoms with E-state index in [0.717, 1.165) is 20.9 Å². The summed E-state index contributed by atoms with van der Waals surface area (Å²) in [4.78, 5) is 11.2. The van der Waals surface area contributed by atoms with Crippen molar-refractivity contribution in [3.8, 4) is 0 Å². The van der Waals surface area contributed by atoms with Crippen LogP contribution >= 0.6 is 22.6 Å². The molecule has 2 rings (SSSR count). The maximum atomic E-state index is 11.2. The second-order valence-electron chi connectivity index (χ2n) is 3.22. The molecule has 0 aliphatic carbocycles. The van der Waals surface area contributed by atoms with Gasteiger partial charge in [-0.05, 0) is 24.1 Å². The normalized spacial score (nSPS) is 10.7. The van der Waals surface area contributed by atoms with Crippen LogP contribution in [0.4, 0.5) is 0 Å². The number of alkyl halides is 1. The first-order valence-electron chi connectivity index (χ1n) is 4.30. The lowest BCUT2D eigenvalue weighted by molar-refractivity contribution is 0.559. The van der Waals surface area contributed by atoms with Gasteiger partial charge in [-0.1, -0.05) is 34.7 Å². The minimum atomic E-state index is -0.269. The van der Waals surface area contributed by atoms with Crippen molar-refractivity contribution in [2.45, 2.75) is 11.4 Å². The van der Waals surface area contributed by atoms with E-state index in [1.807, 2.05) is 25.1 Å². The van der Waals surface area contributed by atoms with Gasteiger partial charge in [0.15, 0.2) is 0 Å². The molecule has 0 saturated heterocycles. The van der Waals surface area contributed by atoms with Gasteiger partial charge in [-0.3, -0.25) is 0 Å². The number of fused-ring (bicyclic) bond motifs is 1. The molecule has 72 valence electrons. The maximum Gasteiger partial charge on any atom is 0.336 e. The van der Waals surface area contributed by atoms with Crippen molar-refractivity contribution in [3.63, 3.8) is 0 Å². The smallest absolute Gasteiger partial charge is 0.336 e. The molecule has 0 bridgehead atoms. The molecule has 2 aromatic rings. The molecule has 14 heavy (non-hydrogen) atoms. The van der Waals surface area contributed by atoms with Crippen molar-refractivity contribution in [3.05, 3.63) is 45.8 Å². The molecule has 1 aromatic heterocycles. The predicted molar refractivity (Wildman–Crippen MR) is 64.9 cm³/mol. The van der Waals surface area contributed by atoms with Crippen molar-refractivity contribution in [2.75, 3.05) is 0 Å². The zero-order valence-electron chi connectivity index (χ0n) is 7.71. The van der Waals surface area contributed by atoms with Crippen molar-refractivity contribution in [1.29, 1.82) is 0 Å². The summed E-state index contributed by atoms with van der Waals surface area (Å²) in [6.45, 7) is 1.98. The number of rotatable bonds is 1. The molecular formula is C11H9IO2. The van der Waals surface area contributed by atoms with E-state index in [9.17, 15) is 4.79 Å². The summed E-state index contributed by atoms with van der Waals surface area (Å²) in [5.41, 5.74) is 2.56. The highest BCUT2D eigenvalue weighted by Gasteiger charge is 2.03. The molecule has 0 aliphatic rings. The molecule has 0 radical (unpaired) electrons. The third-order valence-corrected chi connectivity index (χ3v) is 2.95. The summed E-state index contributed by atoms with van der Waals surface area (Å²) < 4.78 is 5.95. The molecule has 0 fully saturated rings. The third kappa shape index (κ3) is 1.68. The summed E-state index contributed by atoms with van der Waals surface area (Å²) in [5.74, 6) is 0. The van der Waals surface area contributed by atoms with Gasteiger partial charge >= 0.3 is 5.63 Å². The second-order valence-corrected chi connectivity index (χ2v) is 3.99. The highest BCUT2D eigenvalue weighted by molar-refractivity contribution is 14.1. The van der Waals surface area contributed by atoms with Crippen molar-refractivity contribution >= 4 is 33.6 Å². The number of benzene rings is 1. The van der Waals surface area contributed by atoms with Crippen LogP contribution in [0.25, 0.3) is 11.0 Å². The van der Waals surface area contributed by atoms with Gasteiger partial charge in [-0.2, -0.15) is 0 Å². The van der Waals surface area contributed by atoms with Gasteiger partial charge in [0.25, 0.3) is 0 Å². The highest BCUT2D eigenvalue weighted by Crippen LogP contribution is 2.20. The Morgan fingerprint density at radius 2 is 2.14 bits per heavy atom. The minimum Gasteiger partial charge on any atom is -0.423 e. The number of hydrogen-bond acceptors (Lipinski definition) is 2. The van der Waals surface area contributed by atoms with Crippen LogP contribution in [0.5, 0.6) is 0 Å². The number of halogens is 1. The fourth-order valence-electron chi connectivity index (χ4n) is 1.45. The SMILES string of the molecule is Cc1ccc2c(CI)cc(=O)oc2c1. The van der Waals surface area contributed by atoms with Crippen LogP contribution in [0.3, 0.4) is 0 Å². The molecule has 0 spiro atoms. The summed E-state index contributed by atoms with van der Waals surface area (Å²) in [6.07, 6.45) is 0. The summed E-state index contributed by atoms with van der Waals surface area (Å²) in [6, 6.07) is 7.48. The van der Waals surface area contributed by atoms with Gasteiger partial charge in [0.1, 0.15) is 5.58 Å². The Morgan fingerprint density at radius 1 is 1.36 bits per heavy atom. The Hall–Kier alpha value is -0.840. The van der Waals surface area contributed by atoms with Gasteiger partial charge in [-0.15, -0.1) is 0 Å². The summed E-state index contributed by atoms with van der Waals surface area (Å²) >= 11 is 2.25. The summed E-state index contributed by atoms with van der Waals surface area (Å²) in [7, 11) is 0. The van der Waals surface area contributed by atoms with E-state index < -0.39 is 0 Å². The van der Waals surface area contributed by atoms with Gasteiger partial charge in [0, 0.05) is 15.9 Å². The lowest BCUT2D eigenvalue weighted by Gasteiger charge is -2.02. The lowest BCUT2D eigenvalue weighted by Crippen LogP contribution is -1.99. The van der Waals surface area contributed by atoms with Gasteiger partial charge in [0.05, 0.1) is 0 Å². The average molecular weight is 300 g/mol. The standard InChI is InChI=1S/C11H9IO2/c1-7-2-3-9-8(6-12)5-11(13)14-10(9)4-7/h2-5H,6H2,1H3. The highest BCUT2D eigenvalue weighted by atomic mass is 127. The van der Waals surface area contributed by atoms with E-state index in [-0.39, 0.29) is 5.63 Å². The Bertz CT molecular complexity index is 528. The average Bonchev–Trinajstić information content (AvgIpc) is 2.15. The predicted octanol–water partition coefficient (Wildman–Crippen LogP) is 3.04. The van der Waals surface area contributed by atoms with Crippen molar-refractivity contribution < 1.29 is 4.42 Å². The lowest BCUT2D eigenvalue weighted by atomic mass is 10.1. The molecule has 0 unspecified atom stereocenters. The molecular weight excluding hydrogens is 291 g/mol. The monoisotopic (exact) mass is 300 g/mol. The second kappa shape index (κ2) is 3.73. The maximum absolute atomic E-state index is 11.2. The molecule has 1 aromatic carbocycles. The molecule has 3 heteroatoms. The molecule has 0 aliphatic heterocycles. The minimum absolute atomic E-state index is 0.269. The van der Waals surface area contributed by atoms with Crippen LogP contribution in [-0.2, 0) is 4.43 Å². The molecule has 0 N–H and O–H groups in total. The van der Waals surface area contributed by atoms with Crippen LogP contribution in [0.15, 0.2) is 33.5 Å². The molecule has 2 nitrogen and oxygen atoms in total. The fraction of sp³-hybridized carbons (Fsp3) is 0.182. The molecule has 1 heterocycles. The van der Waals surface area contributed by atoms with E-state index in [2.05, 4.69) is 22.6 Å². The zero-order valence-corrected chi connectivity index (χ0v) is 9.87. The molecule has 0 atom stereocenters. The number of aryl methyl sites for hydroxylation is 1. The van der Waals surface area contributed by atoms with Gasteiger partial charge < -0.3 is 4.42 Å². The van der Waals surface area contributed by atoms with Crippen molar-refractivity contribution in [2.24, 2.45) is 0 Å². The van der Waals surface area contributed by atoms with Crippen LogP contribution in [0, 0.1) is 6.92 Å². The van der Waals surface area contributed by atoms with Crippen molar-refractivity contribution in [1.82, 2.24) is 0 Å². The van der Waals surface area contributed by atoms with E-state index in [0.29, 0.717) is 5.58 Å². The first-order valence-corrected chi connectivity index (χ1v) is 5.82. The largest absolute Gasteiger partial charge is 0.423 e. The Labute approximate surface area is 95.1 Å². The Morgan fingerprint density at radius 3 is 2.86 bits per heavy atom. The molecule has 0 amide bonds. The zero-order chi connectivity index (χ0) is 10.1. The Kier molecular flexibility index (Phi) is 2.58.